The van der Waals surface area contributed by atoms with Crippen molar-refractivity contribution in [1.29, 1.82) is 0 Å². The van der Waals surface area contributed by atoms with Gasteiger partial charge in [0.2, 0.25) is 0 Å². The Kier molecular flexibility index (Phi) is 6.56. The number of pyridine rings is 1. The molecule has 202 valence electrons. The molecular formula is C29H27FN8O2. The summed E-state index contributed by atoms with van der Waals surface area (Å²) in [7, 11) is 5.83. The first-order chi connectivity index (χ1) is 19.4. The van der Waals surface area contributed by atoms with Crippen molar-refractivity contribution in [2.75, 3.05) is 37.4 Å². The zero-order chi connectivity index (χ0) is 27.8. The average Bonchev–Trinajstić information content (AvgIpc) is 3.50. The van der Waals surface area contributed by atoms with Crippen LogP contribution in [-0.4, -0.2) is 62.5 Å². The minimum atomic E-state index is -0.536. The maximum absolute atomic E-state index is 15.1. The summed E-state index contributed by atoms with van der Waals surface area (Å²) in [6, 6.07) is 11.8. The quantitative estimate of drug-likeness (QED) is 0.295. The Hall–Kier alpha value is -4.90. The monoisotopic (exact) mass is 538 g/mol. The van der Waals surface area contributed by atoms with E-state index < -0.39 is 5.82 Å². The number of carbonyl (C=O) groups is 1. The molecule has 5 aromatic rings. The highest BCUT2D eigenvalue weighted by molar-refractivity contribution is 6.08. The summed E-state index contributed by atoms with van der Waals surface area (Å²) in [5.74, 6) is 0.974. The molecule has 1 amide bonds. The zero-order valence-corrected chi connectivity index (χ0v) is 22.3. The number of aryl methyl sites for hydroxylation is 1. The number of amides is 1. The Balaban J connectivity index is 1.23. The van der Waals surface area contributed by atoms with E-state index in [2.05, 4.69) is 25.3 Å². The number of hydrogen-bond donors (Lipinski definition) is 1. The molecule has 3 aromatic heterocycles. The van der Waals surface area contributed by atoms with Crippen LogP contribution in [0.25, 0.3) is 21.9 Å². The van der Waals surface area contributed by atoms with Crippen LogP contribution in [-0.2, 0) is 11.8 Å². The maximum atomic E-state index is 15.1. The van der Waals surface area contributed by atoms with Gasteiger partial charge in [-0.2, -0.15) is 0 Å². The van der Waals surface area contributed by atoms with Crippen LogP contribution < -0.4 is 15.0 Å². The van der Waals surface area contributed by atoms with Gasteiger partial charge in [-0.1, -0.05) is 6.08 Å². The number of carbonyl (C=O) groups excluding carboxylic acids is 1. The second-order valence-corrected chi connectivity index (χ2v) is 9.86. The Labute approximate surface area is 229 Å². The second kappa shape index (κ2) is 10.3. The van der Waals surface area contributed by atoms with Crippen LogP contribution in [0, 0.1) is 5.82 Å². The van der Waals surface area contributed by atoms with E-state index in [1.165, 1.54) is 12.4 Å². The van der Waals surface area contributed by atoms with Crippen molar-refractivity contribution >= 4 is 45.2 Å². The topological polar surface area (TPSA) is 101 Å². The summed E-state index contributed by atoms with van der Waals surface area (Å²) in [4.78, 5) is 34.1. The van der Waals surface area contributed by atoms with Crippen molar-refractivity contribution in [2.45, 2.75) is 6.42 Å². The SMILES string of the molecule is CN(C)C/C=C1\CCN(c2cc3c(Nc4ccc(Oc5ccc6c(c5)ncn6C)c(F)c4)ncnc3cn2)C1=O. The molecule has 1 aliphatic heterocycles. The molecule has 0 bridgehead atoms. The summed E-state index contributed by atoms with van der Waals surface area (Å²) >= 11 is 0. The average molecular weight is 539 g/mol. The third kappa shape index (κ3) is 4.94. The van der Waals surface area contributed by atoms with Crippen molar-refractivity contribution in [3.63, 3.8) is 0 Å². The molecular weight excluding hydrogens is 511 g/mol. The Morgan fingerprint density at radius 3 is 2.77 bits per heavy atom. The largest absolute Gasteiger partial charge is 0.454 e. The predicted octanol–water partition coefficient (Wildman–Crippen LogP) is 4.81. The third-order valence-electron chi connectivity index (χ3n) is 6.73. The number of anilines is 3. The molecule has 11 heteroatoms. The van der Waals surface area contributed by atoms with Crippen molar-refractivity contribution in [3.05, 3.63) is 78.8 Å². The maximum Gasteiger partial charge on any atom is 0.255 e. The summed E-state index contributed by atoms with van der Waals surface area (Å²) < 4.78 is 22.7. The van der Waals surface area contributed by atoms with Crippen LogP contribution in [0.1, 0.15) is 6.42 Å². The van der Waals surface area contributed by atoms with Crippen LogP contribution in [0.15, 0.2) is 73.0 Å². The van der Waals surface area contributed by atoms with Crippen LogP contribution in [0.3, 0.4) is 0 Å². The van der Waals surface area contributed by atoms with Gasteiger partial charge in [-0.05, 0) is 50.8 Å². The smallest absolute Gasteiger partial charge is 0.255 e. The van der Waals surface area contributed by atoms with Gasteiger partial charge in [-0.3, -0.25) is 9.69 Å². The van der Waals surface area contributed by atoms with E-state index in [1.807, 2.05) is 42.8 Å². The predicted molar refractivity (Wildman–Crippen MR) is 151 cm³/mol. The molecule has 1 saturated heterocycles. The number of rotatable bonds is 7. The molecule has 6 rings (SSSR count). The molecule has 1 N–H and O–H groups in total. The number of imidazole rings is 1. The lowest BCUT2D eigenvalue weighted by atomic mass is 10.2. The van der Waals surface area contributed by atoms with E-state index in [4.69, 9.17) is 4.74 Å². The van der Waals surface area contributed by atoms with Crippen LogP contribution in [0.5, 0.6) is 11.5 Å². The molecule has 0 saturated carbocycles. The van der Waals surface area contributed by atoms with Crippen LogP contribution >= 0.6 is 0 Å². The Morgan fingerprint density at radius 1 is 1.07 bits per heavy atom. The van der Waals surface area contributed by atoms with Crippen molar-refractivity contribution < 1.29 is 13.9 Å². The molecule has 0 atom stereocenters. The number of fused-ring (bicyclic) bond motifs is 2. The summed E-state index contributed by atoms with van der Waals surface area (Å²) in [5.41, 5.74) is 3.57. The number of halogens is 1. The number of aromatic nitrogens is 5. The fourth-order valence-electron chi connectivity index (χ4n) is 4.61. The van der Waals surface area contributed by atoms with Crippen LogP contribution in [0.4, 0.5) is 21.7 Å². The number of benzene rings is 2. The number of ether oxygens (including phenoxy) is 1. The van der Waals surface area contributed by atoms with Gasteiger partial charge in [0.1, 0.15) is 23.7 Å². The van der Waals surface area contributed by atoms with Gasteiger partial charge in [0.25, 0.3) is 5.91 Å². The number of likely N-dealkylation sites (N-methyl/N-ethyl adjacent to an activating group) is 1. The van der Waals surface area contributed by atoms with Crippen molar-refractivity contribution in [3.8, 4) is 11.5 Å². The highest BCUT2D eigenvalue weighted by Crippen LogP contribution is 2.32. The van der Waals surface area contributed by atoms with Gasteiger partial charge in [-0.25, -0.2) is 24.3 Å². The molecule has 10 nitrogen and oxygen atoms in total. The molecule has 1 aliphatic rings. The van der Waals surface area contributed by atoms with Gasteiger partial charge < -0.3 is 19.5 Å². The molecule has 40 heavy (non-hydrogen) atoms. The Morgan fingerprint density at radius 2 is 1.95 bits per heavy atom. The highest BCUT2D eigenvalue weighted by atomic mass is 19.1. The summed E-state index contributed by atoms with van der Waals surface area (Å²) in [6.45, 7) is 1.24. The minimum Gasteiger partial charge on any atom is -0.454 e. The molecule has 2 aromatic carbocycles. The summed E-state index contributed by atoms with van der Waals surface area (Å²) in [5, 5.41) is 3.83. The molecule has 0 spiro atoms. The van der Waals surface area contributed by atoms with E-state index in [-0.39, 0.29) is 11.7 Å². The molecule has 0 unspecified atom stereocenters. The van der Waals surface area contributed by atoms with E-state index in [0.29, 0.717) is 53.5 Å². The lowest BCUT2D eigenvalue weighted by Gasteiger charge is -2.16. The first-order valence-corrected chi connectivity index (χ1v) is 12.8. The molecule has 1 fully saturated rings. The Bertz CT molecular complexity index is 1780. The van der Waals surface area contributed by atoms with Crippen molar-refractivity contribution in [1.82, 2.24) is 29.4 Å². The zero-order valence-electron chi connectivity index (χ0n) is 22.3. The van der Waals surface area contributed by atoms with E-state index in [0.717, 1.165) is 16.6 Å². The molecule has 4 heterocycles. The lowest BCUT2D eigenvalue weighted by Crippen LogP contribution is -2.25. The van der Waals surface area contributed by atoms with Gasteiger partial charge in [0, 0.05) is 48.9 Å². The normalized spacial score (nSPS) is 14.7. The van der Waals surface area contributed by atoms with Crippen molar-refractivity contribution in [2.24, 2.45) is 7.05 Å². The third-order valence-corrected chi connectivity index (χ3v) is 6.73. The second-order valence-electron chi connectivity index (χ2n) is 9.86. The van der Waals surface area contributed by atoms with E-state index in [1.54, 1.807) is 47.8 Å². The highest BCUT2D eigenvalue weighted by Gasteiger charge is 2.28. The fraction of sp³-hybridized carbons (Fsp3) is 0.207. The van der Waals surface area contributed by atoms with E-state index in [9.17, 15) is 4.79 Å². The molecule has 0 aliphatic carbocycles. The first-order valence-electron chi connectivity index (χ1n) is 12.8. The van der Waals surface area contributed by atoms with Gasteiger partial charge >= 0.3 is 0 Å². The standard InChI is InChI=1S/C29H27FN8O2/c1-36(2)10-8-18-9-11-38(29(18)39)27-14-21-24(15-31-27)32-16-33-28(21)35-19-4-7-26(22(30)12-19)40-20-5-6-25-23(13-20)34-17-37(25)3/h4-8,12-17H,9-11H2,1-3H3,(H,32,33,35)/b18-8+. The van der Waals surface area contributed by atoms with Gasteiger partial charge in [0.05, 0.1) is 29.1 Å². The van der Waals surface area contributed by atoms with Gasteiger partial charge in [-0.15, -0.1) is 0 Å². The summed E-state index contributed by atoms with van der Waals surface area (Å²) in [6.07, 6.45) is 7.36. The van der Waals surface area contributed by atoms with E-state index >= 15 is 4.39 Å². The lowest BCUT2D eigenvalue weighted by molar-refractivity contribution is -0.114. The first kappa shape index (κ1) is 25.4. The number of hydrogen-bond acceptors (Lipinski definition) is 8. The van der Waals surface area contributed by atoms with Crippen LogP contribution in [0.2, 0.25) is 0 Å². The number of nitrogens with one attached hydrogen (secondary N) is 1. The van der Waals surface area contributed by atoms with Gasteiger partial charge in [0.15, 0.2) is 11.6 Å². The number of nitrogens with zero attached hydrogens (tertiary/aromatic N) is 7. The molecule has 0 radical (unpaired) electrons. The minimum absolute atomic E-state index is 0.0556. The fourth-order valence-corrected chi connectivity index (χ4v) is 4.61.